The van der Waals surface area contributed by atoms with Crippen molar-refractivity contribution in [2.45, 2.75) is 58.7 Å². The van der Waals surface area contributed by atoms with Gasteiger partial charge in [0.05, 0.1) is 5.60 Å². The summed E-state index contributed by atoms with van der Waals surface area (Å²) in [5.41, 5.74) is 4.65. The monoisotopic (exact) mass is 317 g/mol. The van der Waals surface area contributed by atoms with Gasteiger partial charge in [-0.2, -0.15) is 0 Å². The van der Waals surface area contributed by atoms with Gasteiger partial charge in [0.1, 0.15) is 0 Å². The van der Waals surface area contributed by atoms with Crippen LogP contribution in [0.5, 0.6) is 0 Å². The van der Waals surface area contributed by atoms with Gasteiger partial charge in [-0.25, -0.2) is 0 Å². The number of pyridine rings is 1. The summed E-state index contributed by atoms with van der Waals surface area (Å²) in [6, 6.07) is 0. The lowest BCUT2D eigenvalue weighted by atomic mass is 9.87. The standard InChI is InChI=1S/C18H27N3O2/c1-12-16(15-4-6-19-9-14(15)10-20-12)11-21-17(22)13-5-7-23-18(2,3)8-13/h10,13,19H,4-9,11H2,1-3H3,(H,21,22)/t13-/m0/s1. The Morgan fingerprint density at radius 2 is 2.35 bits per heavy atom. The van der Waals surface area contributed by atoms with Gasteiger partial charge >= 0.3 is 0 Å². The topological polar surface area (TPSA) is 63.2 Å². The highest BCUT2D eigenvalue weighted by atomic mass is 16.5. The lowest BCUT2D eigenvalue weighted by molar-refractivity contribution is -0.135. The van der Waals surface area contributed by atoms with E-state index < -0.39 is 0 Å². The predicted octanol–water partition coefficient (Wildman–Crippen LogP) is 1.86. The van der Waals surface area contributed by atoms with Crippen molar-refractivity contribution in [2.24, 2.45) is 5.92 Å². The van der Waals surface area contributed by atoms with Crippen LogP contribution in [-0.4, -0.2) is 29.6 Å². The number of hydrogen-bond acceptors (Lipinski definition) is 4. The molecule has 0 saturated carbocycles. The average molecular weight is 317 g/mol. The van der Waals surface area contributed by atoms with Crippen LogP contribution in [-0.2, 0) is 29.0 Å². The third-order valence-corrected chi connectivity index (χ3v) is 4.98. The van der Waals surface area contributed by atoms with Crippen LogP contribution in [0.3, 0.4) is 0 Å². The first-order chi connectivity index (χ1) is 11.0. The quantitative estimate of drug-likeness (QED) is 0.893. The molecule has 5 nitrogen and oxygen atoms in total. The molecular weight excluding hydrogens is 290 g/mol. The van der Waals surface area contributed by atoms with Crippen molar-refractivity contribution < 1.29 is 9.53 Å². The van der Waals surface area contributed by atoms with Gasteiger partial charge in [0.15, 0.2) is 0 Å². The molecule has 3 heterocycles. The fourth-order valence-electron chi connectivity index (χ4n) is 3.65. The van der Waals surface area contributed by atoms with Gasteiger partial charge in [0, 0.05) is 37.5 Å². The van der Waals surface area contributed by atoms with Crippen LogP contribution in [0.2, 0.25) is 0 Å². The molecule has 1 saturated heterocycles. The largest absolute Gasteiger partial charge is 0.376 e. The molecule has 1 fully saturated rings. The number of nitrogens with zero attached hydrogens (tertiary/aromatic N) is 1. The number of carbonyl (C=O) groups is 1. The molecule has 0 unspecified atom stereocenters. The van der Waals surface area contributed by atoms with Crippen LogP contribution in [0, 0.1) is 12.8 Å². The van der Waals surface area contributed by atoms with Crippen LogP contribution in [0.15, 0.2) is 6.20 Å². The second kappa shape index (κ2) is 6.57. The summed E-state index contributed by atoms with van der Waals surface area (Å²) in [4.78, 5) is 17.0. The number of aromatic nitrogens is 1. The van der Waals surface area contributed by atoms with Gasteiger partial charge in [0.25, 0.3) is 0 Å². The molecule has 3 rings (SSSR count). The van der Waals surface area contributed by atoms with Gasteiger partial charge in [-0.05, 0) is 63.3 Å². The van der Waals surface area contributed by atoms with E-state index in [1.165, 1.54) is 16.7 Å². The number of ether oxygens (including phenoxy) is 1. The Labute approximate surface area is 138 Å². The third kappa shape index (κ3) is 3.72. The Balaban J connectivity index is 1.67. The van der Waals surface area contributed by atoms with Gasteiger partial charge in [-0.3, -0.25) is 9.78 Å². The zero-order valence-corrected chi connectivity index (χ0v) is 14.4. The van der Waals surface area contributed by atoms with Crippen LogP contribution in [0.1, 0.15) is 49.1 Å². The fraction of sp³-hybridized carbons (Fsp3) is 0.667. The Morgan fingerprint density at radius 1 is 1.52 bits per heavy atom. The zero-order chi connectivity index (χ0) is 16.4. The highest BCUT2D eigenvalue weighted by Crippen LogP contribution is 2.29. The smallest absolute Gasteiger partial charge is 0.223 e. The minimum Gasteiger partial charge on any atom is -0.376 e. The summed E-state index contributed by atoms with van der Waals surface area (Å²) >= 11 is 0. The van der Waals surface area contributed by atoms with E-state index in [1.54, 1.807) is 0 Å². The van der Waals surface area contributed by atoms with Gasteiger partial charge in [-0.1, -0.05) is 0 Å². The van der Waals surface area contributed by atoms with E-state index in [0.717, 1.165) is 38.0 Å². The molecule has 0 spiro atoms. The van der Waals surface area contributed by atoms with Crippen molar-refractivity contribution >= 4 is 5.91 Å². The number of hydrogen-bond donors (Lipinski definition) is 2. The molecule has 5 heteroatoms. The molecule has 0 radical (unpaired) electrons. The highest BCUT2D eigenvalue weighted by Gasteiger charge is 2.32. The molecule has 0 aromatic carbocycles. The molecule has 2 aliphatic heterocycles. The summed E-state index contributed by atoms with van der Waals surface area (Å²) in [7, 11) is 0. The maximum Gasteiger partial charge on any atom is 0.223 e. The van der Waals surface area contributed by atoms with E-state index in [0.29, 0.717) is 13.2 Å². The first-order valence-corrected chi connectivity index (χ1v) is 8.55. The Kier molecular flexibility index (Phi) is 4.69. The van der Waals surface area contributed by atoms with E-state index >= 15 is 0 Å². The van der Waals surface area contributed by atoms with Crippen molar-refractivity contribution in [1.29, 1.82) is 0 Å². The maximum atomic E-state index is 12.5. The van der Waals surface area contributed by atoms with Gasteiger partial charge in [0.2, 0.25) is 5.91 Å². The second-order valence-corrected chi connectivity index (χ2v) is 7.27. The second-order valence-electron chi connectivity index (χ2n) is 7.27. The molecule has 1 aromatic rings. The summed E-state index contributed by atoms with van der Waals surface area (Å²) < 4.78 is 5.71. The van der Waals surface area contributed by atoms with E-state index in [4.69, 9.17) is 4.74 Å². The normalized spacial score (nSPS) is 23.2. The number of nitrogens with one attached hydrogen (secondary N) is 2. The molecule has 23 heavy (non-hydrogen) atoms. The number of fused-ring (bicyclic) bond motifs is 1. The molecular formula is C18H27N3O2. The Morgan fingerprint density at radius 3 is 3.13 bits per heavy atom. The van der Waals surface area contributed by atoms with Crippen molar-refractivity contribution in [3.8, 4) is 0 Å². The molecule has 0 bridgehead atoms. The first kappa shape index (κ1) is 16.4. The molecule has 2 N–H and O–H groups in total. The van der Waals surface area contributed by atoms with Crippen molar-refractivity contribution in [1.82, 2.24) is 15.6 Å². The van der Waals surface area contributed by atoms with Crippen molar-refractivity contribution in [3.63, 3.8) is 0 Å². The van der Waals surface area contributed by atoms with E-state index in [2.05, 4.69) is 29.5 Å². The highest BCUT2D eigenvalue weighted by molar-refractivity contribution is 5.78. The average Bonchev–Trinajstić information content (AvgIpc) is 2.52. The first-order valence-electron chi connectivity index (χ1n) is 8.55. The Hall–Kier alpha value is -1.46. The van der Waals surface area contributed by atoms with Crippen molar-refractivity contribution in [2.75, 3.05) is 13.2 Å². The number of amides is 1. The lowest BCUT2D eigenvalue weighted by Crippen LogP contribution is -2.41. The molecule has 0 aliphatic carbocycles. The minimum absolute atomic E-state index is 0.0493. The van der Waals surface area contributed by atoms with Crippen LogP contribution >= 0.6 is 0 Å². The SMILES string of the molecule is Cc1ncc2c(c1CNC(=O)[C@H]1CCOC(C)(C)C1)CCNC2. The van der Waals surface area contributed by atoms with Crippen LogP contribution < -0.4 is 10.6 Å². The van der Waals surface area contributed by atoms with E-state index in [-0.39, 0.29) is 17.4 Å². The fourth-order valence-corrected chi connectivity index (χ4v) is 3.65. The number of carbonyl (C=O) groups excluding carboxylic acids is 1. The van der Waals surface area contributed by atoms with E-state index in [9.17, 15) is 4.79 Å². The summed E-state index contributed by atoms with van der Waals surface area (Å²) in [5.74, 6) is 0.195. The molecule has 126 valence electrons. The summed E-state index contributed by atoms with van der Waals surface area (Å²) in [5, 5.41) is 6.51. The number of aryl methyl sites for hydroxylation is 1. The van der Waals surface area contributed by atoms with Crippen molar-refractivity contribution in [3.05, 3.63) is 28.6 Å². The lowest BCUT2D eigenvalue weighted by Gasteiger charge is -2.34. The Bertz CT molecular complexity index is 598. The summed E-state index contributed by atoms with van der Waals surface area (Å²) in [6.45, 7) is 9.25. The predicted molar refractivity (Wildman–Crippen MR) is 89.0 cm³/mol. The maximum absolute atomic E-state index is 12.5. The zero-order valence-electron chi connectivity index (χ0n) is 14.4. The minimum atomic E-state index is -0.199. The molecule has 1 atom stereocenters. The van der Waals surface area contributed by atoms with Crippen LogP contribution in [0.4, 0.5) is 0 Å². The van der Waals surface area contributed by atoms with E-state index in [1.807, 2.05) is 13.1 Å². The number of rotatable bonds is 3. The summed E-state index contributed by atoms with van der Waals surface area (Å²) in [6.07, 6.45) is 4.56. The molecule has 1 amide bonds. The third-order valence-electron chi connectivity index (χ3n) is 4.98. The van der Waals surface area contributed by atoms with Gasteiger partial charge in [-0.15, -0.1) is 0 Å². The van der Waals surface area contributed by atoms with Gasteiger partial charge < -0.3 is 15.4 Å². The molecule has 1 aromatic heterocycles. The van der Waals surface area contributed by atoms with Crippen LogP contribution in [0.25, 0.3) is 0 Å². The molecule has 2 aliphatic rings.